The van der Waals surface area contributed by atoms with Crippen LogP contribution in [0.15, 0.2) is 25.3 Å². The van der Waals surface area contributed by atoms with Crippen LogP contribution in [0.2, 0.25) is 0 Å². The summed E-state index contributed by atoms with van der Waals surface area (Å²) in [4.78, 5) is 97.7. The summed E-state index contributed by atoms with van der Waals surface area (Å²) in [5.74, 6) is -2.33. The molecule has 31 nitrogen and oxygen atoms in total. The van der Waals surface area contributed by atoms with Crippen LogP contribution in [0.1, 0.15) is 32.2 Å². The lowest BCUT2D eigenvalue weighted by Crippen LogP contribution is -2.40. The summed E-state index contributed by atoms with van der Waals surface area (Å²) < 4.78 is 87.3. The van der Waals surface area contributed by atoms with E-state index in [1.807, 2.05) is 0 Å². The van der Waals surface area contributed by atoms with Crippen molar-refractivity contribution in [1.29, 1.82) is 0 Å². The van der Waals surface area contributed by atoms with Gasteiger partial charge in [-0.2, -0.15) is 0 Å². The molecule has 3 saturated heterocycles. The molecule has 7 rings (SSSR count). The number of nitrogens with two attached hydrogens (primary N) is 2. The van der Waals surface area contributed by atoms with Crippen LogP contribution in [0.4, 0.5) is 20.8 Å². The summed E-state index contributed by atoms with van der Waals surface area (Å²) in [6.45, 7) is -6.88. The number of carboxylic acid groups (broad SMARTS) is 1. The van der Waals surface area contributed by atoms with Gasteiger partial charge in [0.25, 0.3) is 0 Å². The number of alkyl halides is 1. The number of halogens is 1. The minimum atomic E-state index is -4.44. The van der Waals surface area contributed by atoms with Crippen LogP contribution in [0.25, 0.3) is 22.3 Å². The maximum atomic E-state index is 16.4. The Morgan fingerprint density at radius 3 is 1.88 bits per heavy atom. The van der Waals surface area contributed by atoms with E-state index in [-0.39, 0.29) is 118 Å². The number of nitrogens with zero attached hydrogens (tertiary/aromatic N) is 9. The van der Waals surface area contributed by atoms with Crippen LogP contribution < -0.4 is 16.8 Å². The number of imidazole rings is 2. The minimum absolute atomic E-state index is 0.00271. The molecule has 0 bridgehead atoms. The Morgan fingerprint density at radius 2 is 1.30 bits per heavy atom. The van der Waals surface area contributed by atoms with Crippen molar-refractivity contribution < 1.29 is 94.5 Å². The zero-order valence-corrected chi connectivity index (χ0v) is 44.2. The van der Waals surface area contributed by atoms with Gasteiger partial charge >= 0.3 is 25.6 Å². The monoisotopic (exact) mass is 1150 g/mol. The number of amides is 2. The molecule has 2 amide bonds. The largest absolute Gasteiger partial charge is 0.508 e. The molecule has 76 heavy (non-hydrogen) atoms. The van der Waals surface area contributed by atoms with Gasteiger partial charge in [-0.15, -0.1) is 0 Å². The second-order valence-electron chi connectivity index (χ2n) is 16.9. The highest BCUT2D eigenvalue weighted by Crippen LogP contribution is 2.55. The molecule has 3 aliphatic heterocycles. The number of anilines is 2. The number of aliphatic carboxylic acids is 1. The van der Waals surface area contributed by atoms with Gasteiger partial charge in [0.15, 0.2) is 47.7 Å². The lowest BCUT2D eigenvalue weighted by atomic mass is 10.1. The maximum absolute atomic E-state index is 16.4. The van der Waals surface area contributed by atoms with Crippen LogP contribution in [-0.4, -0.2) is 212 Å². The quantitative estimate of drug-likeness (QED) is 0.0302. The number of aromatic nitrogens is 8. The normalized spacial score (nSPS) is 27.2. The van der Waals surface area contributed by atoms with Gasteiger partial charge in [-0.3, -0.25) is 32.6 Å². The summed E-state index contributed by atoms with van der Waals surface area (Å²) in [5, 5.41) is 11.4. The highest BCUT2D eigenvalue weighted by atomic mass is 32.5. The second-order valence-corrected chi connectivity index (χ2v) is 22.5. The van der Waals surface area contributed by atoms with Crippen molar-refractivity contribution in [3.05, 3.63) is 25.3 Å². The van der Waals surface area contributed by atoms with Crippen LogP contribution >= 0.6 is 13.4 Å². The maximum Gasteiger partial charge on any atom is 0.508 e. The van der Waals surface area contributed by atoms with Gasteiger partial charge in [0, 0.05) is 19.5 Å². The number of fused-ring (bicyclic) bond motifs is 4. The highest BCUT2D eigenvalue weighted by Gasteiger charge is 2.55. The van der Waals surface area contributed by atoms with Gasteiger partial charge < -0.3 is 83.5 Å². The number of rotatable bonds is 24. The summed E-state index contributed by atoms with van der Waals surface area (Å²) in [6.07, 6.45) is -9.28. The molecule has 4 aromatic rings. The number of hydrogen-bond acceptors (Lipinski definition) is 26. The van der Waals surface area contributed by atoms with Crippen LogP contribution in [0, 0.1) is 5.92 Å². The fourth-order valence-corrected chi connectivity index (χ4v) is 10.6. The Kier molecular flexibility index (Phi) is 21.0. The minimum Gasteiger partial charge on any atom is -0.481 e. The molecular weight excluding hydrogens is 1100 g/mol. The van der Waals surface area contributed by atoms with Gasteiger partial charge in [-0.1, -0.05) is 6.92 Å². The fourth-order valence-electron chi connectivity index (χ4n) is 7.74. The van der Waals surface area contributed by atoms with E-state index in [2.05, 4.69) is 35.2 Å². The first-order valence-corrected chi connectivity index (χ1v) is 28.5. The smallest absolute Gasteiger partial charge is 0.481 e. The molecule has 36 heteroatoms. The second kappa shape index (κ2) is 27.1. The molecule has 0 aromatic carbocycles. The van der Waals surface area contributed by atoms with Crippen molar-refractivity contribution in [1.82, 2.24) is 49.3 Å². The first kappa shape index (κ1) is 58.8. The summed E-state index contributed by atoms with van der Waals surface area (Å²) in [5.41, 5.74) is 12.5. The van der Waals surface area contributed by atoms with Gasteiger partial charge in [0.05, 0.1) is 98.1 Å². The third kappa shape index (κ3) is 15.7. The highest BCUT2D eigenvalue weighted by molar-refractivity contribution is 8.07. The summed E-state index contributed by atoms with van der Waals surface area (Å²) >= 11 is 10.7. The number of ether oxygens (including phenoxy) is 8. The summed E-state index contributed by atoms with van der Waals surface area (Å²) in [7, 11) is 1.49. The Morgan fingerprint density at radius 1 is 0.789 bits per heavy atom. The standard InChI is InChI=1S/C40H57FN12O19P2S2/c1-22(15-26(55)56)37(57)44-4-7-62-10-12-64-14-13-63-11-9-61-6-3-25(54)51(2)5-8-65-40(58)70-32-31-24(69-39(32)53-21-50-29-34(43)46-19-48-36(29)53)17-67-73(59,75)71-30-23(16-66-74(60,76)72-31)68-38(27(30)41)52-20-49-28-33(42)45-18-47-35(28)52/h18-24,27,30-32,38-39H,3-17H2,1-2H3,(H,44,57)(H,55,56)(H,59,75)(H,60,76)(H2,42,45,47)(H2,43,46,48)/t22?,23-,24-,27-,30-,31-,32-,38-,39-,73?,74?/m1/s1. The molecule has 3 fully saturated rings. The number of carbonyl (C=O) groups is 4. The molecule has 11 atom stereocenters. The summed E-state index contributed by atoms with van der Waals surface area (Å²) in [6, 6.07) is 0. The number of nitrogens with one attached hydrogen (secondary N) is 1. The lowest BCUT2D eigenvalue weighted by molar-refractivity contribution is -0.140. The van der Waals surface area contributed by atoms with E-state index in [4.69, 9.17) is 96.2 Å². The van der Waals surface area contributed by atoms with Crippen molar-refractivity contribution in [2.75, 3.05) is 104 Å². The van der Waals surface area contributed by atoms with Crippen LogP contribution in [0.3, 0.4) is 0 Å². The number of likely N-dealkylation sites (N-methyl/N-ethyl adjacent to an activating group) is 1. The number of carbonyl (C=O) groups excluding carboxylic acids is 3. The van der Waals surface area contributed by atoms with Crippen molar-refractivity contribution in [3.8, 4) is 0 Å². The Bertz CT molecular complexity index is 2740. The molecule has 7 heterocycles. The molecule has 0 saturated carbocycles. The number of hydrogen-bond donors (Lipinski definition) is 6. The van der Waals surface area contributed by atoms with E-state index in [0.29, 0.717) is 13.2 Å². The predicted molar refractivity (Wildman–Crippen MR) is 263 cm³/mol. The van der Waals surface area contributed by atoms with Crippen LogP contribution in [-0.2, 0) is 94.0 Å². The van der Waals surface area contributed by atoms with E-state index in [1.54, 1.807) is 0 Å². The van der Waals surface area contributed by atoms with Crippen molar-refractivity contribution >= 4 is 95.0 Å². The van der Waals surface area contributed by atoms with E-state index < -0.39 is 93.8 Å². The Balaban J connectivity index is 0.878. The van der Waals surface area contributed by atoms with E-state index in [1.165, 1.54) is 40.7 Å². The lowest BCUT2D eigenvalue weighted by Gasteiger charge is -2.30. The van der Waals surface area contributed by atoms with Gasteiger partial charge in [-0.05, 0) is 23.6 Å². The van der Waals surface area contributed by atoms with Crippen LogP contribution in [0.5, 0.6) is 0 Å². The predicted octanol–water partition coefficient (Wildman–Crippen LogP) is -0.122. The zero-order valence-electron chi connectivity index (χ0n) is 40.8. The fraction of sp³-hybridized carbons (Fsp3) is 0.650. The van der Waals surface area contributed by atoms with E-state index >= 15 is 4.39 Å². The number of carboxylic acids is 1. The zero-order chi connectivity index (χ0) is 54.6. The van der Waals surface area contributed by atoms with Gasteiger partial charge in [-0.25, -0.2) is 39.1 Å². The van der Waals surface area contributed by atoms with Crippen molar-refractivity contribution in [2.24, 2.45) is 5.92 Å². The van der Waals surface area contributed by atoms with E-state index in [0.717, 1.165) is 12.7 Å². The molecule has 0 aliphatic carbocycles. The van der Waals surface area contributed by atoms with Gasteiger partial charge in [0.1, 0.15) is 54.7 Å². The van der Waals surface area contributed by atoms with Crippen molar-refractivity contribution in [3.63, 3.8) is 0 Å². The first-order valence-electron chi connectivity index (χ1n) is 23.3. The SMILES string of the molecule is CC(CC(=O)O)C(=O)NCCOCCOCCOCCOCCC(=O)N(C)CCOC(=O)O[C@@H]1[C@@H]2OP(O)(=S)OC[C@H]3O[C@@H](n4cnc5c(N)ncnc54)[C@H](F)[C@@H]3OP(O)(=S)OC[C@H]2O[C@H]1n1cnc2c(N)ncnc21. The molecule has 4 aromatic heterocycles. The third-order valence-corrected chi connectivity index (χ3v) is 14.7. The molecule has 0 spiro atoms. The van der Waals surface area contributed by atoms with Crippen molar-refractivity contribution in [2.45, 2.75) is 68.9 Å². The average molecular weight is 1160 g/mol. The Hall–Kier alpha value is -4.87. The Labute approximate surface area is 441 Å². The van der Waals surface area contributed by atoms with E-state index in [9.17, 15) is 29.0 Å². The molecular formula is C40H57FN12O19P2S2. The average Bonchev–Trinajstić information content (AvgIpc) is 4.15. The third-order valence-electron chi connectivity index (χ3n) is 11.5. The van der Waals surface area contributed by atoms with Gasteiger partial charge in [0.2, 0.25) is 11.8 Å². The molecule has 420 valence electrons. The molecule has 8 N–H and O–H groups in total. The topological polar surface area (TPSA) is 394 Å². The molecule has 3 unspecified atom stereocenters. The molecule has 3 aliphatic rings. The molecule has 0 radical (unpaired) electrons. The number of nitrogen functional groups attached to an aromatic ring is 2. The first-order chi connectivity index (χ1) is 36.3.